The van der Waals surface area contributed by atoms with E-state index in [0.717, 1.165) is 13.0 Å². The fourth-order valence-corrected chi connectivity index (χ4v) is 1.86. The molecule has 0 fully saturated rings. The Bertz CT molecular complexity index is 368. The number of nitrogens with one attached hydrogen (secondary N) is 1. The van der Waals surface area contributed by atoms with Crippen molar-refractivity contribution in [1.82, 2.24) is 5.32 Å². The summed E-state index contributed by atoms with van der Waals surface area (Å²) in [5.74, 6) is -0.146. The maximum atomic E-state index is 11.5. The molecule has 1 heterocycles. The van der Waals surface area contributed by atoms with Gasteiger partial charge in [0.15, 0.2) is 0 Å². The van der Waals surface area contributed by atoms with Gasteiger partial charge in [0.25, 0.3) is 0 Å². The van der Waals surface area contributed by atoms with E-state index >= 15 is 0 Å². The first-order valence-corrected chi connectivity index (χ1v) is 5.28. The Balaban J connectivity index is 0.00000128. The van der Waals surface area contributed by atoms with Gasteiger partial charge in [-0.1, -0.05) is 24.3 Å². The standard InChI is InChI=1S/C12H15NO2.ClH/c1-2-15-12(14)11-7-9-5-3-4-6-10(9)8-13-11;/h3-6,11,13H,2,7-8H2,1H3;1H/t11-;/m1./s1. The second kappa shape index (κ2) is 5.87. The van der Waals surface area contributed by atoms with Crippen LogP contribution in [-0.4, -0.2) is 18.6 Å². The molecule has 0 spiro atoms. The molecule has 16 heavy (non-hydrogen) atoms. The first-order valence-electron chi connectivity index (χ1n) is 5.28. The summed E-state index contributed by atoms with van der Waals surface area (Å²) < 4.78 is 4.99. The number of fused-ring (bicyclic) bond motifs is 1. The lowest BCUT2D eigenvalue weighted by Crippen LogP contribution is -2.42. The van der Waals surface area contributed by atoms with Crippen molar-refractivity contribution < 1.29 is 9.53 Å². The second-order valence-corrected chi connectivity index (χ2v) is 3.66. The molecule has 0 radical (unpaired) electrons. The van der Waals surface area contributed by atoms with Crippen molar-refractivity contribution in [2.24, 2.45) is 0 Å². The summed E-state index contributed by atoms with van der Waals surface area (Å²) in [7, 11) is 0. The topological polar surface area (TPSA) is 38.3 Å². The molecule has 0 unspecified atom stereocenters. The summed E-state index contributed by atoms with van der Waals surface area (Å²) in [6.45, 7) is 3.02. The lowest BCUT2D eigenvalue weighted by Gasteiger charge is -2.24. The zero-order chi connectivity index (χ0) is 10.7. The van der Waals surface area contributed by atoms with Crippen LogP contribution in [0.15, 0.2) is 24.3 Å². The van der Waals surface area contributed by atoms with Gasteiger partial charge in [-0.05, 0) is 24.5 Å². The Morgan fingerprint density at radius 3 is 2.81 bits per heavy atom. The average molecular weight is 242 g/mol. The lowest BCUT2D eigenvalue weighted by molar-refractivity contribution is -0.145. The third-order valence-electron chi connectivity index (χ3n) is 2.65. The van der Waals surface area contributed by atoms with E-state index in [2.05, 4.69) is 17.4 Å². The first kappa shape index (κ1) is 13.0. The van der Waals surface area contributed by atoms with Crippen LogP contribution in [0.2, 0.25) is 0 Å². The molecule has 88 valence electrons. The number of hydrogen-bond donors (Lipinski definition) is 1. The molecule has 1 N–H and O–H groups in total. The van der Waals surface area contributed by atoms with Gasteiger partial charge < -0.3 is 10.1 Å². The monoisotopic (exact) mass is 241 g/mol. The largest absolute Gasteiger partial charge is 0.465 e. The summed E-state index contributed by atoms with van der Waals surface area (Å²) >= 11 is 0. The van der Waals surface area contributed by atoms with Crippen LogP contribution in [0, 0.1) is 0 Å². The van der Waals surface area contributed by atoms with Crippen molar-refractivity contribution in [2.75, 3.05) is 6.61 Å². The summed E-state index contributed by atoms with van der Waals surface area (Å²) in [5.41, 5.74) is 2.52. The Morgan fingerprint density at radius 1 is 1.44 bits per heavy atom. The number of hydrogen-bond acceptors (Lipinski definition) is 3. The Hall–Kier alpha value is -1.06. The predicted molar refractivity (Wildman–Crippen MR) is 64.7 cm³/mol. The van der Waals surface area contributed by atoms with E-state index in [1.54, 1.807) is 0 Å². The van der Waals surface area contributed by atoms with Crippen molar-refractivity contribution in [3.8, 4) is 0 Å². The highest BCUT2D eigenvalue weighted by Crippen LogP contribution is 2.16. The molecule has 0 aliphatic carbocycles. The van der Waals surface area contributed by atoms with Gasteiger partial charge in [0.1, 0.15) is 6.04 Å². The molecule has 1 aliphatic heterocycles. The van der Waals surface area contributed by atoms with Crippen molar-refractivity contribution in [2.45, 2.75) is 25.9 Å². The number of esters is 1. The summed E-state index contributed by atoms with van der Waals surface area (Å²) in [5, 5.41) is 3.19. The number of halogens is 1. The van der Waals surface area contributed by atoms with Crippen LogP contribution in [0.3, 0.4) is 0 Å². The van der Waals surface area contributed by atoms with Gasteiger partial charge in [0.2, 0.25) is 0 Å². The molecule has 0 saturated carbocycles. The molecule has 0 amide bonds. The lowest BCUT2D eigenvalue weighted by atomic mass is 9.96. The normalized spacial score (nSPS) is 18.2. The highest BCUT2D eigenvalue weighted by molar-refractivity contribution is 5.85. The maximum absolute atomic E-state index is 11.5. The minimum absolute atomic E-state index is 0. The van der Waals surface area contributed by atoms with Crippen LogP contribution in [-0.2, 0) is 22.5 Å². The van der Waals surface area contributed by atoms with Crippen molar-refractivity contribution in [3.63, 3.8) is 0 Å². The first-order chi connectivity index (χ1) is 7.31. The van der Waals surface area contributed by atoms with Gasteiger partial charge in [-0.25, -0.2) is 0 Å². The van der Waals surface area contributed by atoms with Gasteiger partial charge in [-0.3, -0.25) is 4.79 Å². The Kier molecular flexibility index (Phi) is 4.77. The third-order valence-corrected chi connectivity index (χ3v) is 2.65. The fraction of sp³-hybridized carbons (Fsp3) is 0.417. The molecule has 1 atom stereocenters. The van der Waals surface area contributed by atoms with Gasteiger partial charge in [0.05, 0.1) is 6.61 Å². The predicted octanol–water partition coefficient (Wildman–Crippen LogP) is 1.69. The third kappa shape index (κ3) is 2.74. The van der Waals surface area contributed by atoms with Crippen molar-refractivity contribution >= 4 is 18.4 Å². The van der Waals surface area contributed by atoms with Crippen LogP contribution in [0.1, 0.15) is 18.1 Å². The molecule has 1 aliphatic rings. The van der Waals surface area contributed by atoms with Crippen LogP contribution in [0.25, 0.3) is 0 Å². The molecule has 1 aromatic carbocycles. The van der Waals surface area contributed by atoms with E-state index in [4.69, 9.17) is 4.74 Å². The molecule has 0 aromatic heterocycles. The molecule has 3 nitrogen and oxygen atoms in total. The maximum Gasteiger partial charge on any atom is 0.323 e. The smallest absolute Gasteiger partial charge is 0.323 e. The molecule has 4 heteroatoms. The number of rotatable bonds is 2. The molecular formula is C12H16ClNO2. The quantitative estimate of drug-likeness (QED) is 0.801. The van der Waals surface area contributed by atoms with Gasteiger partial charge in [-0.2, -0.15) is 0 Å². The number of carbonyl (C=O) groups excluding carboxylic acids is 1. The minimum Gasteiger partial charge on any atom is -0.465 e. The van der Waals surface area contributed by atoms with E-state index in [-0.39, 0.29) is 24.4 Å². The van der Waals surface area contributed by atoms with Crippen LogP contribution >= 0.6 is 12.4 Å². The van der Waals surface area contributed by atoms with Crippen LogP contribution in [0.5, 0.6) is 0 Å². The van der Waals surface area contributed by atoms with Crippen molar-refractivity contribution in [3.05, 3.63) is 35.4 Å². The van der Waals surface area contributed by atoms with Gasteiger partial charge in [0, 0.05) is 6.54 Å². The van der Waals surface area contributed by atoms with E-state index in [9.17, 15) is 4.79 Å². The summed E-state index contributed by atoms with van der Waals surface area (Å²) in [6.07, 6.45) is 0.731. The molecule has 1 aromatic rings. The molecule has 2 rings (SSSR count). The number of carbonyl (C=O) groups is 1. The highest BCUT2D eigenvalue weighted by atomic mass is 35.5. The Morgan fingerprint density at radius 2 is 2.12 bits per heavy atom. The van der Waals surface area contributed by atoms with Gasteiger partial charge in [-0.15, -0.1) is 12.4 Å². The zero-order valence-corrected chi connectivity index (χ0v) is 10.0. The molecule has 0 bridgehead atoms. The molecule has 0 saturated heterocycles. The average Bonchev–Trinajstić information content (AvgIpc) is 2.29. The van der Waals surface area contributed by atoms with Gasteiger partial charge >= 0.3 is 5.97 Å². The summed E-state index contributed by atoms with van der Waals surface area (Å²) in [6, 6.07) is 8.00. The molecular weight excluding hydrogens is 226 g/mol. The van der Waals surface area contributed by atoms with E-state index in [1.165, 1.54) is 11.1 Å². The SMILES string of the molecule is CCOC(=O)[C@H]1Cc2ccccc2CN1.Cl. The summed E-state index contributed by atoms with van der Waals surface area (Å²) in [4.78, 5) is 11.5. The minimum atomic E-state index is -0.181. The van der Waals surface area contributed by atoms with Crippen LogP contribution in [0.4, 0.5) is 0 Å². The number of benzene rings is 1. The number of ether oxygens (including phenoxy) is 1. The van der Waals surface area contributed by atoms with E-state index in [1.807, 2.05) is 19.1 Å². The Labute approximate surface area is 102 Å². The van der Waals surface area contributed by atoms with Crippen LogP contribution < -0.4 is 5.32 Å². The fourth-order valence-electron chi connectivity index (χ4n) is 1.86. The van der Waals surface area contributed by atoms with E-state index in [0.29, 0.717) is 6.61 Å². The highest BCUT2D eigenvalue weighted by Gasteiger charge is 2.24. The second-order valence-electron chi connectivity index (χ2n) is 3.66. The van der Waals surface area contributed by atoms with Crippen molar-refractivity contribution in [1.29, 1.82) is 0 Å². The zero-order valence-electron chi connectivity index (χ0n) is 9.23. The van der Waals surface area contributed by atoms with E-state index < -0.39 is 0 Å².